The molecule has 2 rings (SSSR count). The van der Waals surface area contributed by atoms with Crippen LogP contribution in [0, 0.1) is 5.92 Å². The molecule has 1 aromatic rings. The van der Waals surface area contributed by atoms with E-state index in [1.54, 1.807) is 0 Å². The Bertz CT molecular complexity index is 391. The summed E-state index contributed by atoms with van der Waals surface area (Å²) in [5.41, 5.74) is 1.78. The lowest BCUT2D eigenvalue weighted by atomic mass is 9.70. The molecule has 1 atom stereocenters. The maximum absolute atomic E-state index is 6.05. The van der Waals surface area contributed by atoms with E-state index < -0.39 is 0 Å². The zero-order valence-electron chi connectivity index (χ0n) is 14.4. The smallest absolute Gasteiger partial charge is 0.0406 e. The largest absolute Gasteiger partial charge is 0.316 e. The summed E-state index contributed by atoms with van der Waals surface area (Å²) in [7, 11) is 2.11. The molecule has 0 bridgehead atoms. The lowest BCUT2D eigenvalue weighted by molar-refractivity contribution is 0.271. The molecule has 120 valence electrons. The van der Waals surface area contributed by atoms with E-state index in [2.05, 4.69) is 38.3 Å². The molecule has 1 aromatic carbocycles. The van der Waals surface area contributed by atoms with Crippen LogP contribution in [0.5, 0.6) is 0 Å². The highest BCUT2D eigenvalue weighted by Gasteiger charge is 2.42. The predicted octanol–water partition coefficient (Wildman–Crippen LogP) is 5.81. The van der Waals surface area contributed by atoms with E-state index in [1.165, 1.54) is 37.7 Å². The third-order valence-electron chi connectivity index (χ3n) is 4.64. The van der Waals surface area contributed by atoms with Gasteiger partial charge in [0.2, 0.25) is 0 Å². The lowest BCUT2D eigenvalue weighted by Gasteiger charge is -2.39. The standard InChI is InChI=1S/C17H26ClN.C2H6/c1-13(2)12-16(19-3)17(10-4-5-11-17)14-6-8-15(18)9-7-14;1-2/h6-9,13,16,19H,4-5,10-12H2,1-3H3;1-2H3. The maximum Gasteiger partial charge on any atom is 0.0406 e. The van der Waals surface area contributed by atoms with Crippen LogP contribution in [0.3, 0.4) is 0 Å². The quantitative estimate of drug-likeness (QED) is 0.723. The summed E-state index contributed by atoms with van der Waals surface area (Å²) in [5, 5.41) is 4.43. The van der Waals surface area contributed by atoms with Gasteiger partial charge in [0.15, 0.2) is 0 Å². The van der Waals surface area contributed by atoms with Crippen LogP contribution >= 0.6 is 11.6 Å². The first-order valence-corrected chi connectivity index (χ1v) is 8.89. The molecular formula is C19H32ClN. The topological polar surface area (TPSA) is 12.0 Å². The minimum absolute atomic E-state index is 0.309. The number of rotatable bonds is 5. The highest BCUT2D eigenvalue weighted by molar-refractivity contribution is 6.30. The van der Waals surface area contributed by atoms with Crippen molar-refractivity contribution in [3.63, 3.8) is 0 Å². The first-order valence-electron chi connectivity index (χ1n) is 8.52. The first kappa shape index (κ1) is 18.5. The molecule has 1 aliphatic carbocycles. The van der Waals surface area contributed by atoms with E-state index in [1.807, 2.05) is 26.0 Å². The second-order valence-corrected chi connectivity index (χ2v) is 6.78. The van der Waals surface area contributed by atoms with Gasteiger partial charge in [-0.2, -0.15) is 0 Å². The van der Waals surface area contributed by atoms with Crippen molar-refractivity contribution in [2.75, 3.05) is 7.05 Å². The molecule has 1 aliphatic rings. The molecule has 1 fully saturated rings. The molecule has 0 aliphatic heterocycles. The van der Waals surface area contributed by atoms with Gasteiger partial charge in [-0.15, -0.1) is 0 Å². The Morgan fingerprint density at radius 1 is 1.10 bits per heavy atom. The van der Waals surface area contributed by atoms with E-state index in [-0.39, 0.29) is 0 Å². The highest BCUT2D eigenvalue weighted by atomic mass is 35.5. The van der Waals surface area contributed by atoms with Gasteiger partial charge < -0.3 is 5.32 Å². The van der Waals surface area contributed by atoms with E-state index in [0.29, 0.717) is 11.5 Å². The highest BCUT2D eigenvalue weighted by Crippen LogP contribution is 2.45. The minimum Gasteiger partial charge on any atom is -0.316 e. The monoisotopic (exact) mass is 309 g/mol. The van der Waals surface area contributed by atoms with Crippen LogP contribution in [-0.4, -0.2) is 13.1 Å². The van der Waals surface area contributed by atoms with Crippen molar-refractivity contribution >= 4 is 11.6 Å². The van der Waals surface area contributed by atoms with Crippen LogP contribution < -0.4 is 5.32 Å². The minimum atomic E-state index is 0.309. The molecular weight excluding hydrogens is 278 g/mol. The molecule has 1 nitrogen and oxygen atoms in total. The van der Waals surface area contributed by atoms with Crippen molar-refractivity contribution in [2.45, 2.75) is 71.3 Å². The predicted molar refractivity (Wildman–Crippen MR) is 95.2 cm³/mol. The second-order valence-electron chi connectivity index (χ2n) is 6.34. The number of likely N-dealkylation sites (N-methyl/N-ethyl adjacent to an activating group) is 1. The number of halogens is 1. The van der Waals surface area contributed by atoms with E-state index >= 15 is 0 Å². The van der Waals surface area contributed by atoms with E-state index in [0.717, 1.165) is 10.9 Å². The van der Waals surface area contributed by atoms with Gasteiger partial charge in [0, 0.05) is 16.5 Å². The van der Waals surface area contributed by atoms with Crippen molar-refractivity contribution in [3.8, 4) is 0 Å². The van der Waals surface area contributed by atoms with E-state index in [4.69, 9.17) is 11.6 Å². The first-order chi connectivity index (χ1) is 10.1. The molecule has 21 heavy (non-hydrogen) atoms. The molecule has 1 unspecified atom stereocenters. The summed E-state index contributed by atoms with van der Waals surface area (Å²) in [6.07, 6.45) is 6.52. The van der Waals surface area contributed by atoms with Gasteiger partial charge in [0.05, 0.1) is 0 Å². The molecule has 2 heteroatoms. The van der Waals surface area contributed by atoms with Crippen LogP contribution in [0.1, 0.15) is 65.4 Å². The summed E-state index contributed by atoms with van der Waals surface area (Å²) in [5.74, 6) is 0.724. The molecule has 0 saturated heterocycles. The SMILES string of the molecule is CC.CNC(CC(C)C)C1(c2ccc(Cl)cc2)CCCC1. The van der Waals surface area contributed by atoms with E-state index in [9.17, 15) is 0 Å². The van der Waals surface area contributed by atoms with Crippen LogP contribution in [0.15, 0.2) is 24.3 Å². The fourth-order valence-corrected chi connectivity index (χ4v) is 3.84. The average Bonchev–Trinajstić information content (AvgIpc) is 2.98. The Hall–Kier alpha value is -0.530. The van der Waals surface area contributed by atoms with Crippen LogP contribution in [0.25, 0.3) is 0 Å². The maximum atomic E-state index is 6.05. The second kappa shape index (κ2) is 8.80. The molecule has 0 amide bonds. The molecule has 1 N–H and O–H groups in total. The third-order valence-corrected chi connectivity index (χ3v) is 4.89. The van der Waals surface area contributed by atoms with Crippen molar-refractivity contribution in [2.24, 2.45) is 5.92 Å². The molecule has 0 spiro atoms. The number of nitrogens with one attached hydrogen (secondary N) is 1. The lowest BCUT2D eigenvalue weighted by Crippen LogP contribution is -2.46. The van der Waals surface area contributed by atoms with Crippen molar-refractivity contribution in [3.05, 3.63) is 34.9 Å². The number of hydrogen-bond acceptors (Lipinski definition) is 1. The van der Waals surface area contributed by atoms with Crippen molar-refractivity contribution in [1.29, 1.82) is 0 Å². The van der Waals surface area contributed by atoms with Gasteiger partial charge in [-0.3, -0.25) is 0 Å². The Morgan fingerprint density at radius 2 is 1.62 bits per heavy atom. The Morgan fingerprint density at radius 3 is 2.05 bits per heavy atom. The third kappa shape index (κ3) is 4.47. The normalized spacial score (nSPS) is 18.2. The Labute approximate surface area is 136 Å². The van der Waals surface area contributed by atoms with Gasteiger partial charge in [-0.05, 0) is 49.9 Å². The van der Waals surface area contributed by atoms with Crippen molar-refractivity contribution in [1.82, 2.24) is 5.32 Å². The zero-order valence-corrected chi connectivity index (χ0v) is 15.1. The molecule has 1 saturated carbocycles. The fourth-order valence-electron chi connectivity index (χ4n) is 3.72. The zero-order chi connectivity index (χ0) is 15.9. The summed E-state index contributed by atoms with van der Waals surface area (Å²) in [6, 6.07) is 9.12. The van der Waals surface area contributed by atoms with Crippen LogP contribution in [0.4, 0.5) is 0 Å². The van der Waals surface area contributed by atoms with Crippen LogP contribution in [0.2, 0.25) is 5.02 Å². The van der Waals surface area contributed by atoms with Gasteiger partial charge >= 0.3 is 0 Å². The summed E-state index contributed by atoms with van der Waals surface area (Å²) in [4.78, 5) is 0. The Balaban J connectivity index is 0.00000106. The van der Waals surface area contributed by atoms with Gasteiger partial charge in [0.1, 0.15) is 0 Å². The molecule has 0 radical (unpaired) electrons. The molecule has 0 aromatic heterocycles. The average molecular weight is 310 g/mol. The summed E-state index contributed by atoms with van der Waals surface area (Å²) >= 11 is 6.05. The van der Waals surface area contributed by atoms with Gasteiger partial charge in [-0.1, -0.05) is 64.3 Å². The van der Waals surface area contributed by atoms with Gasteiger partial charge in [0.25, 0.3) is 0 Å². The summed E-state index contributed by atoms with van der Waals surface area (Å²) < 4.78 is 0. The van der Waals surface area contributed by atoms with Crippen LogP contribution in [-0.2, 0) is 5.41 Å². The van der Waals surface area contributed by atoms with Gasteiger partial charge in [-0.25, -0.2) is 0 Å². The Kier molecular flexibility index (Phi) is 7.76. The number of benzene rings is 1. The summed E-state index contributed by atoms with van der Waals surface area (Å²) in [6.45, 7) is 8.63. The fraction of sp³-hybridized carbons (Fsp3) is 0.684. The number of hydrogen-bond donors (Lipinski definition) is 1. The van der Waals surface area contributed by atoms with Crippen molar-refractivity contribution < 1.29 is 0 Å². The molecule has 0 heterocycles.